The molecule has 1 aromatic rings. The third kappa shape index (κ3) is 3.86. The van der Waals surface area contributed by atoms with E-state index in [4.69, 9.17) is 15.2 Å². The van der Waals surface area contributed by atoms with Crippen LogP contribution in [0.1, 0.15) is 23.2 Å². The van der Waals surface area contributed by atoms with Crippen molar-refractivity contribution >= 4 is 11.6 Å². The lowest BCUT2D eigenvalue weighted by Gasteiger charge is -2.22. The van der Waals surface area contributed by atoms with Crippen molar-refractivity contribution in [3.05, 3.63) is 23.8 Å². The Hall–Kier alpha value is -1.75. The number of carbonyl (C=O) groups excluding carboxylic acids is 1. The summed E-state index contributed by atoms with van der Waals surface area (Å²) in [5.41, 5.74) is 6.77. The van der Waals surface area contributed by atoms with E-state index in [0.717, 1.165) is 26.1 Å². The Morgan fingerprint density at radius 3 is 3.05 bits per heavy atom. The largest absolute Gasteiger partial charge is 0.497 e. The molecule has 1 amide bonds. The third-order valence-electron chi connectivity index (χ3n) is 3.23. The number of anilines is 1. The van der Waals surface area contributed by atoms with Gasteiger partial charge >= 0.3 is 0 Å². The van der Waals surface area contributed by atoms with E-state index >= 15 is 0 Å². The Balaban J connectivity index is 1.93. The first-order valence-corrected chi connectivity index (χ1v) is 6.49. The van der Waals surface area contributed by atoms with Crippen LogP contribution in [0, 0.1) is 5.92 Å². The van der Waals surface area contributed by atoms with Crippen molar-refractivity contribution in [2.45, 2.75) is 12.8 Å². The number of amides is 1. The van der Waals surface area contributed by atoms with E-state index in [2.05, 4.69) is 5.32 Å². The molecule has 1 aliphatic heterocycles. The molecule has 3 N–H and O–H groups in total. The molecule has 2 rings (SSSR count). The highest BCUT2D eigenvalue weighted by molar-refractivity contribution is 5.95. The van der Waals surface area contributed by atoms with E-state index < -0.39 is 0 Å². The second-order valence-electron chi connectivity index (χ2n) is 4.79. The summed E-state index contributed by atoms with van der Waals surface area (Å²) < 4.78 is 10.5. The number of benzene rings is 1. The number of rotatable bonds is 4. The van der Waals surface area contributed by atoms with Crippen molar-refractivity contribution in [2.75, 3.05) is 32.6 Å². The number of nitrogens with two attached hydrogens (primary N) is 1. The van der Waals surface area contributed by atoms with E-state index in [0.29, 0.717) is 29.5 Å². The number of ether oxygens (including phenoxy) is 2. The first kappa shape index (κ1) is 13.7. The molecule has 1 saturated heterocycles. The maximum Gasteiger partial charge on any atom is 0.251 e. The average Bonchev–Trinajstić information content (AvgIpc) is 2.45. The summed E-state index contributed by atoms with van der Waals surface area (Å²) >= 11 is 0. The van der Waals surface area contributed by atoms with E-state index in [1.54, 1.807) is 25.3 Å². The molecule has 0 radical (unpaired) electrons. The fraction of sp³-hybridized carbons (Fsp3) is 0.500. The molecule has 1 unspecified atom stereocenters. The minimum Gasteiger partial charge on any atom is -0.497 e. The Morgan fingerprint density at radius 1 is 1.53 bits per heavy atom. The molecule has 0 aromatic heterocycles. The van der Waals surface area contributed by atoms with E-state index in [-0.39, 0.29) is 5.91 Å². The highest BCUT2D eigenvalue weighted by Crippen LogP contribution is 2.18. The van der Waals surface area contributed by atoms with Crippen molar-refractivity contribution in [1.82, 2.24) is 5.32 Å². The van der Waals surface area contributed by atoms with Gasteiger partial charge in [0.2, 0.25) is 0 Å². The van der Waals surface area contributed by atoms with Crippen molar-refractivity contribution in [3.63, 3.8) is 0 Å². The predicted molar refractivity (Wildman–Crippen MR) is 73.3 cm³/mol. The molecule has 104 valence electrons. The second-order valence-corrected chi connectivity index (χ2v) is 4.79. The van der Waals surface area contributed by atoms with Crippen LogP contribution in [0.4, 0.5) is 5.69 Å². The first-order valence-electron chi connectivity index (χ1n) is 6.49. The normalized spacial score (nSPS) is 18.9. The van der Waals surface area contributed by atoms with Crippen LogP contribution in [0.5, 0.6) is 5.75 Å². The van der Waals surface area contributed by atoms with Crippen LogP contribution in [0.2, 0.25) is 0 Å². The summed E-state index contributed by atoms with van der Waals surface area (Å²) in [7, 11) is 1.55. The van der Waals surface area contributed by atoms with Gasteiger partial charge in [0.1, 0.15) is 5.75 Å². The quantitative estimate of drug-likeness (QED) is 0.807. The zero-order chi connectivity index (χ0) is 13.7. The Kier molecular flexibility index (Phi) is 4.63. The Bertz CT molecular complexity index is 442. The van der Waals surface area contributed by atoms with Gasteiger partial charge in [-0.25, -0.2) is 0 Å². The van der Waals surface area contributed by atoms with Gasteiger partial charge in [0, 0.05) is 30.5 Å². The Morgan fingerprint density at radius 2 is 2.37 bits per heavy atom. The molecule has 0 spiro atoms. The monoisotopic (exact) mass is 264 g/mol. The number of hydrogen-bond donors (Lipinski definition) is 2. The van der Waals surface area contributed by atoms with Gasteiger partial charge in [-0.2, -0.15) is 0 Å². The lowest BCUT2D eigenvalue weighted by atomic mass is 10.0. The number of hydrogen-bond acceptors (Lipinski definition) is 4. The predicted octanol–water partition coefficient (Wildman–Crippen LogP) is 1.43. The molecule has 1 fully saturated rings. The zero-order valence-electron chi connectivity index (χ0n) is 11.1. The molecule has 0 aliphatic carbocycles. The first-order chi connectivity index (χ1) is 9.19. The number of nitrogens with one attached hydrogen (secondary N) is 1. The Labute approximate surface area is 113 Å². The van der Waals surface area contributed by atoms with Crippen molar-refractivity contribution in [2.24, 2.45) is 5.92 Å². The summed E-state index contributed by atoms with van der Waals surface area (Å²) in [6.45, 7) is 2.19. The van der Waals surface area contributed by atoms with Crippen molar-refractivity contribution in [1.29, 1.82) is 0 Å². The summed E-state index contributed by atoms with van der Waals surface area (Å²) in [4.78, 5) is 12.0. The van der Waals surface area contributed by atoms with E-state index in [9.17, 15) is 4.79 Å². The lowest BCUT2D eigenvalue weighted by Crippen LogP contribution is -2.33. The molecular formula is C14H20N2O3. The maximum absolute atomic E-state index is 12.0. The molecule has 1 aliphatic rings. The topological polar surface area (TPSA) is 73.6 Å². The molecule has 5 nitrogen and oxygen atoms in total. The van der Waals surface area contributed by atoms with Gasteiger partial charge in [-0.15, -0.1) is 0 Å². The standard InChI is InChI=1S/C14H20N2O3/c1-18-13-6-11(5-12(15)7-13)14(17)16-8-10-3-2-4-19-9-10/h5-7,10H,2-4,8-9,15H2,1H3,(H,16,17). The van der Waals surface area contributed by atoms with Crippen molar-refractivity contribution in [3.8, 4) is 5.75 Å². The maximum atomic E-state index is 12.0. The van der Waals surface area contributed by atoms with Gasteiger partial charge in [0.25, 0.3) is 5.91 Å². The molecule has 1 atom stereocenters. The molecule has 0 saturated carbocycles. The number of methoxy groups -OCH3 is 1. The smallest absolute Gasteiger partial charge is 0.251 e. The molecule has 5 heteroatoms. The minimum absolute atomic E-state index is 0.129. The second kappa shape index (κ2) is 6.43. The summed E-state index contributed by atoms with van der Waals surface area (Å²) in [5, 5.41) is 2.92. The fourth-order valence-corrected chi connectivity index (χ4v) is 2.18. The van der Waals surface area contributed by atoms with Gasteiger partial charge in [0.05, 0.1) is 13.7 Å². The molecule has 19 heavy (non-hydrogen) atoms. The van der Waals surface area contributed by atoms with Gasteiger partial charge < -0.3 is 20.5 Å². The van der Waals surface area contributed by atoms with Gasteiger partial charge in [-0.1, -0.05) is 0 Å². The minimum atomic E-state index is -0.129. The van der Waals surface area contributed by atoms with Crippen LogP contribution in [-0.2, 0) is 4.74 Å². The zero-order valence-corrected chi connectivity index (χ0v) is 11.1. The van der Waals surface area contributed by atoms with Crippen LogP contribution in [0.25, 0.3) is 0 Å². The molecule has 0 bridgehead atoms. The van der Waals surface area contributed by atoms with Crippen molar-refractivity contribution < 1.29 is 14.3 Å². The van der Waals surface area contributed by atoms with Crippen LogP contribution < -0.4 is 15.8 Å². The van der Waals surface area contributed by atoms with Crippen LogP contribution in [-0.4, -0.2) is 32.8 Å². The van der Waals surface area contributed by atoms with Gasteiger partial charge in [-0.05, 0) is 30.9 Å². The molecular weight excluding hydrogens is 244 g/mol. The third-order valence-corrected chi connectivity index (χ3v) is 3.23. The SMILES string of the molecule is COc1cc(N)cc(C(=O)NCC2CCCOC2)c1. The van der Waals surface area contributed by atoms with Gasteiger partial charge in [-0.3, -0.25) is 4.79 Å². The average molecular weight is 264 g/mol. The fourth-order valence-electron chi connectivity index (χ4n) is 2.18. The number of carbonyl (C=O) groups is 1. The van der Waals surface area contributed by atoms with E-state index in [1.165, 1.54) is 0 Å². The highest BCUT2D eigenvalue weighted by atomic mass is 16.5. The van der Waals surface area contributed by atoms with Crippen LogP contribution in [0.15, 0.2) is 18.2 Å². The molecule has 1 heterocycles. The number of nitrogen functional groups attached to an aromatic ring is 1. The summed E-state index contributed by atoms with van der Waals surface area (Å²) in [6.07, 6.45) is 2.16. The summed E-state index contributed by atoms with van der Waals surface area (Å²) in [6, 6.07) is 5.02. The van der Waals surface area contributed by atoms with E-state index in [1.807, 2.05) is 0 Å². The van der Waals surface area contributed by atoms with Gasteiger partial charge in [0.15, 0.2) is 0 Å². The molecule has 1 aromatic carbocycles. The van der Waals surface area contributed by atoms with Crippen LogP contribution in [0.3, 0.4) is 0 Å². The highest BCUT2D eigenvalue weighted by Gasteiger charge is 2.15. The van der Waals surface area contributed by atoms with Crippen LogP contribution >= 0.6 is 0 Å². The lowest BCUT2D eigenvalue weighted by molar-refractivity contribution is 0.0536. The summed E-state index contributed by atoms with van der Waals surface area (Å²) in [5.74, 6) is 0.864.